The first-order valence-electron chi connectivity index (χ1n) is 6.10. The highest BCUT2D eigenvalue weighted by Crippen LogP contribution is 2.25. The molecule has 0 spiro atoms. The van der Waals surface area contributed by atoms with Crippen LogP contribution in [0.3, 0.4) is 0 Å². The van der Waals surface area contributed by atoms with Crippen molar-refractivity contribution in [2.45, 2.75) is 18.9 Å². The molecule has 2 N–H and O–H groups in total. The van der Waals surface area contributed by atoms with E-state index in [0.29, 0.717) is 11.3 Å². The highest BCUT2D eigenvalue weighted by atomic mass is 19.1. The predicted octanol–water partition coefficient (Wildman–Crippen LogP) is 2.08. The molecule has 2 aromatic rings. The number of carboxylic acids is 1. The summed E-state index contributed by atoms with van der Waals surface area (Å²) in [7, 11) is 0. The Hall–Kier alpha value is -2.37. The fraction of sp³-hybridized carbons (Fsp3) is 0.286. The molecule has 106 valence electrons. The Morgan fingerprint density at radius 2 is 2.10 bits per heavy atom. The van der Waals surface area contributed by atoms with Gasteiger partial charge in [-0.25, -0.2) is 9.18 Å². The molecule has 0 aliphatic heterocycles. The summed E-state index contributed by atoms with van der Waals surface area (Å²) in [4.78, 5) is 22.6. The maximum Gasteiger partial charge on any atom is 0.328 e. The summed E-state index contributed by atoms with van der Waals surface area (Å²) in [5.41, 5.74) is 0.641. The molecule has 0 aliphatic rings. The molecule has 1 aromatic heterocycles. The van der Waals surface area contributed by atoms with Crippen LogP contribution in [-0.4, -0.2) is 29.7 Å². The number of carbonyl (C=O) groups is 2. The number of para-hydroxylation sites is 1. The Kier molecular flexibility index (Phi) is 4.02. The van der Waals surface area contributed by atoms with Crippen molar-refractivity contribution in [3.63, 3.8) is 0 Å². The van der Waals surface area contributed by atoms with Crippen molar-refractivity contribution in [3.8, 4) is 0 Å². The first kappa shape index (κ1) is 14.0. The molecule has 20 heavy (non-hydrogen) atoms. The van der Waals surface area contributed by atoms with E-state index in [-0.39, 0.29) is 0 Å². The SMILES string of the molecule is CC(C(=O)NC(CF)C(=O)O)c1cc2ccccc2o1. The summed E-state index contributed by atoms with van der Waals surface area (Å²) >= 11 is 0. The topological polar surface area (TPSA) is 79.5 Å². The van der Waals surface area contributed by atoms with Gasteiger partial charge in [-0.1, -0.05) is 18.2 Å². The van der Waals surface area contributed by atoms with E-state index < -0.39 is 30.5 Å². The van der Waals surface area contributed by atoms with Crippen molar-refractivity contribution in [2.24, 2.45) is 0 Å². The maximum atomic E-state index is 12.5. The van der Waals surface area contributed by atoms with Crippen LogP contribution in [0.15, 0.2) is 34.7 Å². The van der Waals surface area contributed by atoms with Gasteiger partial charge in [-0.15, -0.1) is 0 Å². The van der Waals surface area contributed by atoms with E-state index in [0.717, 1.165) is 5.39 Å². The third-order valence-corrected chi connectivity index (χ3v) is 3.03. The number of benzene rings is 1. The number of furan rings is 1. The fourth-order valence-electron chi connectivity index (χ4n) is 1.81. The first-order chi connectivity index (χ1) is 9.52. The van der Waals surface area contributed by atoms with Crippen LogP contribution in [-0.2, 0) is 9.59 Å². The number of aliphatic carboxylic acids is 1. The largest absolute Gasteiger partial charge is 0.480 e. The molecule has 2 rings (SSSR count). The van der Waals surface area contributed by atoms with Gasteiger partial charge in [0.25, 0.3) is 0 Å². The Morgan fingerprint density at radius 1 is 1.40 bits per heavy atom. The van der Waals surface area contributed by atoms with Crippen LogP contribution in [0.2, 0.25) is 0 Å². The lowest BCUT2D eigenvalue weighted by Gasteiger charge is -2.13. The minimum Gasteiger partial charge on any atom is -0.480 e. The Balaban J connectivity index is 2.15. The average Bonchev–Trinajstić information content (AvgIpc) is 2.86. The molecule has 0 fully saturated rings. The number of rotatable bonds is 5. The number of alkyl halides is 1. The zero-order chi connectivity index (χ0) is 14.7. The predicted molar refractivity (Wildman–Crippen MR) is 70.2 cm³/mol. The lowest BCUT2D eigenvalue weighted by atomic mass is 10.1. The summed E-state index contributed by atoms with van der Waals surface area (Å²) in [6, 6.07) is 7.44. The molecule has 0 saturated carbocycles. The number of hydrogen-bond acceptors (Lipinski definition) is 3. The fourth-order valence-corrected chi connectivity index (χ4v) is 1.81. The van der Waals surface area contributed by atoms with Crippen molar-refractivity contribution in [1.82, 2.24) is 5.32 Å². The minimum atomic E-state index is -1.53. The van der Waals surface area contributed by atoms with Crippen molar-refractivity contribution < 1.29 is 23.5 Å². The van der Waals surface area contributed by atoms with E-state index in [1.165, 1.54) is 0 Å². The third-order valence-electron chi connectivity index (χ3n) is 3.03. The van der Waals surface area contributed by atoms with Crippen LogP contribution < -0.4 is 5.32 Å². The standard InChI is InChI=1S/C14H14FNO4/c1-8(13(17)16-10(7-15)14(18)19)12-6-9-4-2-3-5-11(9)20-12/h2-6,8,10H,7H2,1H3,(H,16,17)(H,18,19). The molecule has 0 saturated heterocycles. The zero-order valence-electron chi connectivity index (χ0n) is 10.8. The number of nitrogens with one attached hydrogen (secondary N) is 1. The molecule has 2 unspecified atom stereocenters. The number of carbonyl (C=O) groups excluding carboxylic acids is 1. The second-order valence-electron chi connectivity index (χ2n) is 4.46. The average molecular weight is 279 g/mol. The third kappa shape index (κ3) is 2.79. The highest BCUT2D eigenvalue weighted by molar-refractivity contribution is 5.88. The molecule has 0 bridgehead atoms. The Bertz CT molecular complexity index is 604. The van der Waals surface area contributed by atoms with Gasteiger partial charge in [0.05, 0.1) is 5.92 Å². The number of carboxylic acid groups (broad SMARTS) is 1. The maximum absolute atomic E-state index is 12.5. The van der Waals surface area contributed by atoms with E-state index in [9.17, 15) is 14.0 Å². The van der Waals surface area contributed by atoms with Crippen molar-refractivity contribution in [1.29, 1.82) is 0 Å². The van der Waals surface area contributed by atoms with Crippen molar-refractivity contribution in [2.75, 3.05) is 6.67 Å². The molecular formula is C14H14FNO4. The summed E-state index contributed by atoms with van der Waals surface area (Å²) in [6.07, 6.45) is 0. The minimum absolute atomic E-state index is 0.409. The second-order valence-corrected chi connectivity index (χ2v) is 4.46. The van der Waals surface area contributed by atoms with Crippen LogP contribution in [0.1, 0.15) is 18.6 Å². The van der Waals surface area contributed by atoms with Crippen LogP contribution in [0.5, 0.6) is 0 Å². The molecule has 0 radical (unpaired) electrons. The molecule has 5 nitrogen and oxygen atoms in total. The van der Waals surface area contributed by atoms with Gasteiger partial charge in [-0.2, -0.15) is 0 Å². The van der Waals surface area contributed by atoms with Gasteiger partial charge in [0, 0.05) is 5.39 Å². The lowest BCUT2D eigenvalue weighted by Crippen LogP contribution is -2.43. The van der Waals surface area contributed by atoms with Crippen LogP contribution in [0, 0.1) is 0 Å². The number of hydrogen-bond donors (Lipinski definition) is 2. The first-order valence-corrected chi connectivity index (χ1v) is 6.10. The van der Waals surface area contributed by atoms with Gasteiger partial charge < -0.3 is 14.8 Å². The van der Waals surface area contributed by atoms with Crippen LogP contribution in [0.4, 0.5) is 4.39 Å². The lowest BCUT2D eigenvalue weighted by molar-refractivity contribution is -0.142. The molecule has 1 aromatic carbocycles. The summed E-state index contributed by atoms with van der Waals surface area (Å²) in [5, 5.41) is 11.7. The van der Waals surface area contributed by atoms with Gasteiger partial charge in [-0.05, 0) is 19.1 Å². The van der Waals surface area contributed by atoms with Crippen LogP contribution >= 0.6 is 0 Å². The molecular weight excluding hydrogens is 265 g/mol. The van der Waals surface area contributed by atoms with E-state index >= 15 is 0 Å². The van der Waals surface area contributed by atoms with Gasteiger partial charge in [-0.3, -0.25) is 4.79 Å². The summed E-state index contributed by atoms with van der Waals surface area (Å²) in [5.74, 6) is -2.28. The molecule has 0 aliphatic carbocycles. The molecule has 1 heterocycles. The Labute approximate surface area is 114 Å². The summed E-state index contributed by atoms with van der Waals surface area (Å²) in [6.45, 7) is 0.415. The number of fused-ring (bicyclic) bond motifs is 1. The normalized spacial score (nSPS) is 13.9. The van der Waals surface area contributed by atoms with Crippen molar-refractivity contribution >= 4 is 22.8 Å². The summed E-state index contributed by atoms with van der Waals surface area (Å²) < 4.78 is 18.0. The molecule has 1 amide bonds. The van der Waals surface area contributed by atoms with Gasteiger partial charge in [0.2, 0.25) is 5.91 Å². The molecule has 6 heteroatoms. The van der Waals surface area contributed by atoms with E-state index in [4.69, 9.17) is 9.52 Å². The number of amides is 1. The van der Waals surface area contributed by atoms with Gasteiger partial charge in [0.15, 0.2) is 6.04 Å². The highest BCUT2D eigenvalue weighted by Gasteiger charge is 2.25. The van der Waals surface area contributed by atoms with Crippen molar-refractivity contribution in [3.05, 3.63) is 36.1 Å². The monoisotopic (exact) mass is 279 g/mol. The zero-order valence-corrected chi connectivity index (χ0v) is 10.8. The van der Waals surface area contributed by atoms with Gasteiger partial charge >= 0.3 is 5.97 Å². The second kappa shape index (κ2) is 5.73. The smallest absolute Gasteiger partial charge is 0.328 e. The van der Waals surface area contributed by atoms with E-state index in [1.807, 2.05) is 18.2 Å². The van der Waals surface area contributed by atoms with Crippen LogP contribution in [0.25, 0.3) is 11.0 Å². The quantitative estimate of drug-likeness (QED) is 0.878. The number of halogens is 1. The Morgan fingerprint density at radius 3 is 2.70 bits per heavy atom. The molecule has 2 atom stereocenters. The van der Waals surface area contributed by atoms with Gasteiger partial charge in [0.1, 0.15) is 18.0 Å². The van der Waals surface area contributed by atoms with E-state index in [2.05, 4.69) is 5.32 Å². The van der Waals surface area contributed by atoms with E-state index in [1.54, 1.807) is 19.1 Å².